The number of hydrogen-bond donors (Lipinski definition) is 2. The van der Waals surface area contributed by atoms with E-state index in [1.54, 1.807) is 4.68 Å². The molecule has 2 rings (SSSR count). The first-order valence-electron chi connectivity index (χ1n) is 7.66. The Morgan fingerprint density at radius 2 is 2.29 bits per heavy atom. The van der Waals surface area contributed by atoms with E-state index in [1.807, 2.05) is 27.9 Å². The van der Waals surface area contributed by atoms with Gasteiger partial charge in [0, 0.05) is 13.6 Å². The number of aromatic nitrogens is 2. The average Bonchev–Trinajstić information content (AvgIpc) is 2.66. The molecular weight excluding hydrogens is 266 g/mol. The number of nitrogens with zero attached hydrogens (tertiary/aromatic N) is 3. The molecule has 21 heavy (non-hydrogen) atoms. The van der Waals surface area contributed by atoms with Crippen LogP contribution in [0.5, 0.6) is 0 Å². The molecule has 1 fully saturated rings. The molecule has 6 nitrogen and oxygen atoms in total. The topological polar surface area (TPSA) is 62.2 Å². The van der Waals surface area contributed by atoms with Crippen molar-refractivity contribution in [3.8, 4) is 0 Å². The first kappa shape index (κ1) is 16.0. The Kier molecular flexibility index (Phi) is 5.36. The second-order valence-corrected chi connectivity index (χ2v) is 6.13. The molecular formula is C15H27N5O. The highest BCUT2D eigenvalue weighted by Gasteiger charge is 2.18. The van der Waals surface area contributed by atoms with Crippen LogP contribution in [-0.4, -0.2) is 53.8 Å². The number of anilines is 1. The highest BCUT2D eigenvalue weighted by molar-refractivity contribution is 5.93. The van der Waals surface area contributed by atoms with E-state index in [9.17, 15) is 4.79 Å². The van der Waals surface area contributed by atoms with Crippen LogP contribution in [-0.2, 0) is 11.8 Å². The monoisotopic (exact) mass is 293 g/mol. The van der Waals surface area contributed by atoms with Crippen LogP contribution in [0.2, 0.25) is 0 Å². The molecule has 1 atom stereocenters. The van der Waals surface area contributed by atoms with Crippen LogP contribution < -0.4 is 10.6 Å². The average molecular weight is 293 g/mol. The number of nitrogens with one attached hydrogen (secondary N) is 2. The zero-order valence-corrected chi connectivity index (χ0v) is 13.6. The highest BCUT2D eigenvalue weighted by atomic mass is 16.2. The van der Waals surface area contributed by atoms with Gasteiger partial charge in [0.2, 0.25) is 5.91 Å². The van der Waals surface area contributed by atoms with Gasteiger partial charge in [-0.15, -0.1) is 0 Å². The zero-order valence-electron chi connectivity index (χ0n) is 13.6. The van der Waals surface area contributed by atoms with Gasteiger partial charge in [-0.1, -0.05) is 0 Å². The number of hydrogen-bond acceptors (Lipinski definition) is 4. The van der Waals surface area contributed by atoms with Gasteiger partial charge in [0.05, 0.1) is 23.6 Å². The third kappa shape index (κ3) is 4.28. The van der Waals surface area contributed by atoms with Crippen molar-refractivity contribution in [2.75, 3.05) is 38.5 Å². The number of amides is 1. The Balaban J connectivity index is 1.83. The van der Waals surface area contributed by atoms with Crippen LogP contribution in [0.4, 0.5) is 5.69 Å². The number of likely N-dealkylation sites (N-methyl/N-ethyl adjacent to an activating group) is 1. The number of rotatable bonds is 5. The molecule has 1 amide bonds. The van der Waals surface area contributed by atoms with E-state index < -0.39 is 0 Å². The maximum absolute atomic E-state index is 12.2. The van der Waals surface area contributed by atoms with Crippen molar-refractivity contribution >= 4 is 11.6 Å². The van der Waals surface area contributed by atoms with Gasteiger partial charge >= 0.3 is 0 Å². The lowest BCUT2D eigenvalue weighted by atomic mass is 9.99. The van der Waals surface area contributed by atoms with Gasteiger partial charge in [0.15, 0.2) is 0 Å². The third-order valence-corrected chi connectivity index (χ3v) is 4.16. The summed E-state index contributed by atoms with van der Waals surface area (Å²) in [5, 5.41) is 10.7. The molecule has 118 valence electrons. The molecule has 1 aromatic rings. The summed E-state index contributed by atoms with van der Waals surface area (Å²) in [6.45, 7) is 7.45. The van der Waals surface area contributed by atoms with Gasteiger partial charge in [-0.25, -0.2) is 0 Å². The molecule has 0 aliphatic carbocycles. The predicted octanol–water partition coefficient (Wildman–Crippen LogP) is 0.907. The largest absolute Gasteiger partial charge is 0.322 e. The molecule has 1 unspecified atom stereocenters. The molecule has 2 heterocycles. The summed E-state index contributed by atoms with van der Waals surface area (Å²) in [6, 6.07) is 0. The lowest BCUT2D eigenvalue weighted by Gasteiger charge is -2.27. The number of piperidine rings is 1. The number of carbonyl (C=O) groups is 1. The zero-order chi connectivity index (χ0) is 15.4. The summed E-state index contributed by atoms with van der Waals surface area (Å²) in [4.78, 5) is 14.3. The standard InChI is InChI=1S/C15H27N5O/c1-11-15(12(2)20(4)18-11)17-14(21)10-19(3)9-13-6-5-7-16-8-13/h13,16H,5-10H2,1-4H3,(H,17,21). The van der Waals surface area contributed by atoms with Crippen LogP contribution in [0.3, 0.4) is 0 Å². The van der Waals surface area contributed by atoms with Gasteiger partial charge in [-0.2, -0.15) is 5.10 Å². The van der Waals surface area contributed by atoms with E-state index in [4.69, 9.17) is 0 Å². The molecule has 0 radical (unpaired) electrons. The molecule has 1 saturated heterocycles. The third-order valence-electron chi connectivity index (χ3n) is 4.16. The molecule has 0 bridgehead atoms. The number of aryl methyl sites for hydroxylation is 2. The molecule has 1 aliphatic rings. The summed E-state index contributed by atoms with van der Waals surface area (Å²) < 4.78 is 1.79. The molecule has 0 spiro atoms. The van der Waals surface area contributed by atoms with Gasteiger partial charge in [0.1, 0.15) is 0 Å². The van der Waals surface area contributed by atoms with Gasteiger partial charge in [0.25, 0.3) is 0 Å². The summed E-state index contributed by atoms with van der Waals surface area (Å²) in [7, 11) is 3.90. The fourth-order valence-corrected chi connectivity index (χ4v) is 2.96. The fraction of sp³-hybridized carbons (Fsp3) is 0.733. The van der Waals surface area contributed by atoms with Crippen molar-refractivity contribution in [1.29, 1.82) is 0 Å². The Bertz CT molecular complexity index is 490. The number of carbonyl (C=O) groups excluding carboxylic acids is 1. The molecule has 0 aromatic carbocycles. The van der Waals surface area contributed by atoms with E-state index in [2.05, 4.69) is 20.6 Å². The van der Waals surface area contributed by atoms with Gasteiger partial charge < -0.3 is 10.6 Å². The molecule has 1 aromatic heterocycles. The minimum absolute atomic E-state index is 0.0282. The van der Waals surface area contributed by atoms with Crippen molar-refractivity contribution in [3.63, 3.8) is 0 Å². The van der Waals surface area contributed by atoms with Crippen molar-refractivity contribution in [2.45, 2.75) is 26.7 Å². The second-order valence-electron chi connectivity index (χ2n) is 6.13. The van der Waals surface area contributed by atoms with Crippen LogP contribution in [0.15, 0.2) is 0 Å². The lowest BCUT2D eigenvalue weighted by molar-refractivity contribution is -0.117. The SMILES string of the molecule is Cc1nn(C)c(C)c1NC(=O)CN(C)CC1CCCNC1. The summed E-state index contributed by atoms with van der Waals surface area (Å²) >= 11 is 0. The second kappa shape index (κ2) is 7.04. The van der Waals surface area contributed by atoms with Crippen molar-refractivity contribution < 1.29 is 4.79 Å². The van der Waals surface area contributed by atoms with E-state index >= 15 is 0 Å². The first-order chi connectivity index (χ1) is 9.97. The molecule has 0 saturated carbocycles. The van der Waals surface area contributed by atoms with Gasteiger partial charge in [-0.3, -0.25) is 14.4 Å². The van der Waals surface area contributed by atoms with Crippen molar-refractivity contribution in [3.05, 3.63) is 11.4 Å². The Labute approximate surface area is 126 Å². The van der Waals surface area contributed by atoms with E-state index in [1.165, 1.54) is 12.8 Å². The lowest BCUT2D eigenvalue weighted by Crippen LogP contribution is -2.39. The molecule has 1 aliphatic heterocycles. The summed E-state index contributed by atoms with van der Waals surface area (Å²) in [5.41, 5.74) is 2.69. The first-order valence-corrected chi connectivity index (χ1v) is 7.66. The maximum atomic E-state index is 12.2. The fourth-order valence-electron chi connectivity index (χ4n) is 2.96. The van der Waals surface area contributed by atoms with E-state index in [-0.39, 0.29) is 5.91 Å². The Morgan fingerprint density at radius 1 is 1.52 bits per heavy atom. The van der Waals surface area contributed by atoms with Crippen LogP contribution >= 0.6 is 0 Å². The smallest absolute Gasteiger partial charge is 0.238 e. The normalized spacial score (nSPS) is 19.0. The van der Waals surface area contributed by atoms with Crippen LogP contribution in [0.1, 0.15) is 24.2 Å². The quantitative estimate of drug-likeness (QED) is 0.847. The molecule has 2 N–H and O–H groups in total. The van der Waals surface area contributed by atoms with Crippen LogP contribution in [0, 0.1) is 19.8 Å². The maximum Gasteiger partial charge on any atom is 0.238 e. The van der Waals surface area contributed by atoms with E-state index in [0.717, 1.165) is 36.7 Å². The molecule has 6 heteroatoms. The minimum atomic E-state index is 0.0282. The van der Waals surface area contributed by atoms with Crippen LogP contribution in [0.25, 0.3) is 0 Å². The minimum Gasteiger partial charge on any atom is -0.322 e. The summed E-state index contributed by atoms with van der Waals surface area (Å²) in [6.07, 6.45) is 2.48. The predicted molar refractivity (Wildman–Crippen MR) is 84.4 cm³/mol. The van der Waals surface area contributed by atoms with E-state index in [0.29, 0.717) is 12.5 Å². The van der Waals surface area contributed by atoms with Gasteiger partial charge in [-0.05, 0) is 52.7 Å². The summed E-state index contributed by atoms with van der Waals surface area (Å²) in [5.74, 6) is 0.680. The highest BCUT2D eigenvalue weighted by Crippen LogP contribution is 2.18. The Morgan fingerprint density at radius 3 is 2.86 bits per heavy atom. The van der Waals surface area contributed by atoms with Crippen molar-refractivity contribution in [1.82, 2.24) is 20.0 Å². The Hall–Kier alpha value is -1.40. The van der Waals surface area contributed by atoms with Crippen molar-refractivity contribution in [2.24, 2.45) is 13.0 Å².